The maximum Gasteiger partial charge on any atom is 0.247 e. The lowest BCUT2D eigenvalue weighted by atomic mass is 10.1. The average molecular weight is 462 g/mol. The van der Waals surface area contributed by atoms with Crippen LogP contribution >= 0.6 is 11.6 Å². The van der Waals surface area contributed by atoms with E-state index in [1.54, 1.807) is 31.3 Å². The summed E-state index contributed by atoms with van der Waals surface area (Å²) < 4.78 is 11.6. The first-order valence-corrected chi connectivity index (χ1v) is 10.9. The number of rotatable bonds is 7. The molecule has 1 aromatic heterocycles. The molecule has 3 aromatic rings. The number of aromatic nitrogens is 1. The summed E-state index contributed by atoms with van der Waals surface area (Å²) >= 11 is 6.15. The predicted octanol–water partition coefficient (Wildman–Crippen LogP) is 5.27. The third-order valence-corrected chi connectivity index (χ3v) is 5.37. The van der Waals surface area contributed by atoms with Gasteiger partial charge in [0.2, 0.25) is 5.91 Å². The number of carbonyl (C=O) groups is 1. The second-order valence-electron chi connectivity index (χ2n) is 7.53. The number of amides is 1. The number of benzene rings is 2. The predicted molar refractivity (Wildman–Crippen MR) is 132 cm³/mol. The number of nitrogens with one attached hydrogen (secondary N) is 2. The van der Waals surface area contributed by atoms with Crippen molar-refractivity contribution in [1.82, 2.24) is 10.3 Å². The van der Waals surface area contributed by atoms with Crippen LogP contribution < -0.4 is 20.1 Å². The van der Waals surface area contributed by atoms with Crippen LogP contribution in [0.3, 0.4) is 0 Å². The lowest BCUT2D eigenvalue weighted by Crippen LogP contribution is -2.40. The number of anilines is 1. The minimum Gasteiger partial charge on any atom is -0.486 e. The number of nitrogens with zero attached hydrogens (tertiary/aromatic N) is 1. The van der Waals surface area contributed by atoms with Crippen molar-refractivity contribution >= 4 is 34.1 Å². The summed E-state index contributed by atoms with van der Waals surface area (Å²) in [5.41, 5.74) is 1.24. The van der Waals surface area contributed by atoms with Crippen molar-refractivity contribution in [3.8, 4) is 11.5 Å². The Morgan fingerprint density at radius 3 is 2.85 bits per heavy atom. The first-order chi connectivity index (χ1) is 16.0. The molecule has 0 spiro atoms. The first-order valence-electron chi connectivity index (χ1n) is 10.5. The Morgan fingerprint density at radius 2 is 2.03 bits per heavy atom. The number of para-hydroxylation sites is 2. The monoisotopic (exact) mass is 461 g/mol. The van der Waals surface area contributed by atoms with Crippen molar-refractivity contribution in [2.45, 2.75) is 13.0 Å². The lowest BCUT2D eigenvalue weighted by Gasteiger charge is -2.26. The van der Waals surface area contributed by atoms with Crippen LogP contribution in [0.1, 0.15) is 6.92 Å². The molecule has 2 heterocycles. The highest BCUT2D eigenvalue weighted by Crippen LogP contribution is 2.30. The number of carbonyl (C=O) groups excluding carboxylic acids is 1. The first kappa shape index (κ1) is 22.4. The topological polar surface area (TPSA) is 72.5 Å². The molecule has 33 heavy (non-hydrogen) atoms. The summed E-state index contributed by atoms with van der Waals surface area (Å²) in [5, 5.41) is 8.68. The van der Waals surface area contributed by atoms with Gasteiger partial charge in [-0.3, -0.25) is 4.79 Å². The van der Waals surface area contributed by atoms with Crippen LogP contribution in [0.25, 0.3) is 10.8 Å². The molecule has 0 fully saturated rings. The van der Waals surface area contributed by atoms with E-state index < -0.39 is 0 Å². The summed E-state index contributed by atoms with van der Waals surface area (Å²) in [7, 11) is 0. The van der Waals surface area contributed by atoms with Gasteiger partial charge in [0.15, 0.2) is 11.5 Å². The van der Waals surface area contributed by atoms with Crippen LogP contribution in [0, 0.1) is 0 Å². The summed E-state index contributed by atoms with van der Waals surface area (Å²) in [4.78, 5) is 16.9. The molecule has 1 unspecified atom stereocenters. The molecule has 0 saturated heterocycles. The molecule has 0 saturated carbocycles. The normalized spacial score (nSPS) is 15.8. The van der Waals surface area contributed by atoms with E-state index in [1.165, 1.54) is 0 Å². The lowest BCUT2D eigenvalue weighted by molar-refractivity contribution is -0.117. The van der Waals surface area contributed by atoms with Gasteiger partial charge in [0.1, 0.15) is 18.5 Å². The maximum absolute atomic E-state index is 12.5. The van der Waals surface area contributed by atoms with E-state index in [0.29, 0.717) is 46.8 Å². The smallest absolute Gasteiger partial charge is 0.247 e. The Morgan fingerprint density at radius 1 is 1.21 bits per heavy atom. The van der Waals surface area contributed by atoms with E-state index in [-0.39, 0.29) is 12.0 Å². The molecule has 6 nitrogen and oxygen atoms in total. The molecule has 1 amide bonds. The van der Waals surface area contributed by atoms with Gasteiger partial charge in [0.05, 0.1) is 6.54 Å². The Kier molecular flexibility index (Phi) is 6.95. The quantitative estimate of drug-likeness (QED) is 0.370. The van der Waals surface area contributed by atoms with Crippen LogP contribution in [-0.4, -0.2) is 30.1 Å². The van der Waals surface area contributed by atoms with Crippen molar-refractivity contribution in [1.29, 1.82) is 0 Å². The zero-order valence-electron chi connectivity index (χ0n) is 18.2. The Bertz CT molecular complexity index is 1250. The van der Waals surface area contributed by atoms with Gasteiger partial charge in [-0.25, -0.2) is 4.98 Å². The van der Waals surface area contributed by atoms with Gasteiger partial charge in [0, 0.05) is 27.9 Å². The highest BCUT2D eigenvalue weighted by Gasteiger charge is 2.21. The number of allylic oxidation sites excluding steroid dienone is 3. The standard InChI is InChI=1S/C26H24ClN3O3/c1-3-20(30-25-22-14-19(27)10-9-18(22)12-13-28-25)11-8-17(2)26(31)29-15-21-16-32-23-6-4-5-7-24(23)33-21/h3-14,21H,1,15-16H2,2H3,(H,28,30)(H,29,31)/b17-8+,20-11+. The van der Waals surface area contributed by atoms with Crippen LogP contribution in [0.15, 0.2) is 90.8 Å². The minimum absolute atomic E-state index is 0.188. The molecule has 0 aliphatic carbocycles. The SMILES string of the molecule is C=C/C(=C\C=C(/C)C(=O)NCC1COc2ccccc2O1)Nc1nccc2ccc(Cl)cc12. The number of hydrogen-bond acceptors (Lipinski definition) is 5. The summed E-state index contributed by atoms with van der Waals surface area (Å²) in [6.07, 6.45) is 6.65. The van der Waals surface area contributed by atoms with Crippen LogP contribution in [0.5, 0.6) is 11.5 Å². The fourth-order valence-corrected chi connectivity index (χ4v) is 3.51. The van der Waals surface area contributed by atoms with Gasteiger partial charge < -0.3 is 20.1 Å². The Labute approximate surface area is 197 Å². The summed E-state index contributed by atoms with van der Waals surface area (Å²) in [6, 6.07) is 15.0. The molecule has 0 bridgehead atoms. The third kappa shape index (κ3) is 5.54. The molecule has 1 atom stereocenters. The molecule has 2 N–H and O–H groups in total. The molecular weight excluding hydrogens is 438 g/mol. The molecule has 2 aromatic carbocycles. The zero-order chi connectivity index (χ0) is 23.2. The van der Waals surface area contributed by atoms with Crippen LogP contribution in [0.4, 0.5) is 5.82 Å². The van der Waals surface area contributed by atoms with Crippen molar-refractivity contribution < 1.29 is 14.3 Å². The van der Waals surface area contributed by atoms with Gasteiger partial charge in [-0.15, -0.1) is 0 Å². The van der Waals surface area contributed by atoms with Crippen molar-refractivity contribution in [2.24, 2.45) is 0 Å². The van der Waals surface area contributed by atoms with E-state index in [4.69, 9.17) is 21.1 Å². The molecule has 168 valence electrons. The highest BCUT2D eigenvalue weighted by atomic mass is 35.5. The largest absolute Gasteiger partial charge is 0.486 e. The number of pyridine rings is 1. The van der Waals surface area contributed by atoms with E-state index in [1.807, 2.05) is 48.5 Å². The molecule has 4 rings (SSSR count). The van der Waals surface area contributed by atoms with Gasteiger partial charge in [-0.05, 0) is 54.8 Å². The van der Waals surface area contributed by atoms with Crippen LogP contribution in [-0.2, 0) is 4.79 Å². The average Bonchev–Trinajstić information content (AvgIpc) is 2.84. The number of hydrogen-bond donors (Lipinski definition) is 2. The zero-order valence-corrected chi connectivity index (χ0v) is 18.9. The molecule has 7 heteroatoms. The number of fused-ring (bicyclic) bond motifs is 2. The second kappa shape index (κ2) is 10.2. The Hall–Kier alpha value is -3.77. The molecule has 1 aliphatic heterocycles. The van der Waals surface area contributed by atoms with Gasteiger partial charge in [0.25, 0.3) is 0 Å². The van der Waals surface area contributed by atoms with Crippen molar-refractivity contribution in [3.63, 3.8) is 0 Å². The van der Waals surface area contributed by atoms with Gasteiger partial charge >= 0.3 is 0 Å². The third-order valence-electron chi connectivity index (χ3n) is 5.14. The molecular formula is C26H24ClN3O3. The molecule has 1 aliphatic rings. The van der Waals surface area contributed by atoms with E-state index in [9.17, 15) is 4.79 Å². The van der Waals surface area contributed by atoms with E-state index >= 15 is 0 Å². The number of halogens is 1. The Balaban J connectivity index is 1.38. The highest BCUT2D eigenvalue weighted by molar-refractivity contribution is 6.31. The minimum atomic E-state index is -0.248. The van der Waals surface area contributed by atoms with E-state index in [2.05, 4.69) is 22.2 Å². The summed E-state index contributed by atoms with van der Waals surface area (Å²) in [5.74, 6) is 1.87. The van der Waals surface area contributed by atoms with Crippen molar-refractivity contribution in [3.05, 3.63) is 95.8 Å². The summed E-state index contributed by atoms with van der Waals surface area (Å²) in [6.45, 7) is 6.32. The fourth-order valence-electron chi connectivity index (χ4n) is 3.34. The number of ether oxygens (including phenoxy) is 2. The van der Waals surface area contributed by atoms with Crippen molar-refractivity contribution in [2.75, 3.05) is 18.5 Å². The van der Waals surface area contributed by atoms with Gasteiger partial charge in [-0.1, -0.05) is 42.5 Å². The molecule has 0 radical (unpaired) electrons. The maximum atomic E-state index is 12.5. The van der Waals surface area contributed by atoms with E-state index in [0.717, 1.165) is 10.8 Å². The van der Waals surface area contributed by atoms with Gasteiger partial charge in [-0.2, -0.15) is 0 Å². The second-order valence-corrected chi connectivity index (χ2v) is 7.97. The fraction of sp³-hybridized carbons (Fsp3) is 0.154. The van der Waals surface area contributed by atoms with Crippen LogP contribution in [0.2, 0.25) is 5.02 Å².